The summed E-state index contributed by atoms with van der Waals surface area (Å²) in [7, 11) is 0. The molecule has 1 aromatic rings. The van der Waals surface area contributed by atoms with Crippen LogP contribution in [-0.2, 0) is 0 Å². The standard InChI is InChI=1S/C14H17F5N2.ClH/c15-11-7-10(8-12(16)9-11)13(1-2-14(17,18)19)21-5-3-20-4-6-21;/h7-9,13,20H,1-6H2;1H/t13-;/m1./s1. The van der Waals surface area contributed by atoms with Gasteiger partial charge in [0.25, 0.3) is 0 Å². The summed E-state index contributed by atoms with van der Waals surface area (Å²) >= 11 is 0. The molecule has 8 heteroatoms. The van der Waals surface area contributed by atoms with Crippen molar-refractivity contribution in [3.63, 3.8) is 0 Å². The molecule has 1 N–H and O–H groups in total. The van der Waals surface area contributed by atoms with Crippen molar-refractivity contribution < 1.29 is 22.0 Å². The molecular formula is C14H18ClF5N2. The third kappa shape index (κ3) is 5.70. The lowest BCUT2D eigenvalue weighted by Crippen LogP contribution is -2.45. The van der Waals surface area contributed by atoms with Gasteiger partial charge in [-0.05, 0) is 24.1 Å². The van der Waals surface area contributed by atoms with E-state index in [-0.39, 0.29) is 24.4 Å². The summed E-state index contributed by atoms with van der Waals surface area (Å²) < 4.78 is 64.1. The molecule has 0 aliphatic carbocycles. The fourth-order valence-electron chi connectivity index (χ4n) is 2.62. The first-order valence-electron chi connectivity index (χ1n) is 6.83. The number of benzene rings is 1. The number of hydrogen-bond donors (Lipinski definition) is 1. The average Bonchev–Trinajstić information content (AvgIpc) is 2.37. The van der Waals surface area contributed by atoms with Crippen molar-refractivity contribution in [1.29, 1.82) is 0 Å². The van der Waals surface area contributed by atoms with E-state index in [1.807, 2.05) is 4.90 Å². The average molecular weight is 345 g/mol. The summed E-state index contributed by atoms with van der Waals surface area (Å²) in [5.74, 6) is -1.53. The molecule has 0 bridgehead atoms. The summed E-state index contributed by atoms with van der Waals surface area (Å²) in [5.41, 5.74) is 0.263. The number of halogens is 6. The van der Waals surface area contributed by atoms with Gasteiger partial charge in [-0.25, -0.2) is 8.78 Å². The topological polar surface area (TPSA) is 15.3 Å². The Hall–Kier alpha value is -0.920. The van der Waals surface area contributed by atoms with Crippen LogP contribution >= 0.6 is 12.4 Å². The van der Waals surface area contributed by atoms with Crippen molar-refractivity contribution in [1.82, 2.24) is 10.2 Å². The first-order chi connectivity index (χ1) is 9.85. The smallest absolute Gasteiger partial charge is 0.314 e. The summed E-state index contributed by atoms with van der Waals surface area (Å²) in [6.07, 6.45) is -5.45. The van der Waals surface area contributed by atoms with E-state index in [4.69, 9.17) is 0 Å². The van der Waals surface area contributed by atoms with E-state index in [1.54, 1.807) is 0 Å². The molecule has 0 saturated carbocycles. The predicted octanol–water partition coefficient (Wildman–Crippen LogP) is 3.68. The molecule has 1 heterocycles. The highest BCUT2D eigenvalue weighted by molar-refractivity contribution is 5.85. The summed E-state index contributed by atoms with van der Waals surface area (Å²) in [5, 5.41) is 3.10. The minimum Gasteiger partial charge on any atom is -0.314 e. The van der Waals surface area contributed by atoms with Crippen LogP contribution in [0.4, 0.5) is 22.0 Å². The number of nitrogens with zero attached hydrogens (tertiary/aromatic N) is 1. The fraction of sp³-hybridized carbons (Fsp3) is 0.571. The van der Waals surface area contributed by atoms with Gasteiger partial charge in [-0.2, -0.15) is 13.2 Å². The molecular weight excluding hydrogens is 327 g/mol. The molecule has 1 atom stereocenters. The van der Waals surface area contributed by atoms with Gasteiger partial charge in [-0.3, -0.25) is 4.90 Å². The van der Waals surface area contributed by atoms with Gasteiger partial charge in [0.05, 0.1) is 0 Å². The van der Waals surface area contributed by atoms with Crippen molar-refractivity contribution in [3.05, 3.63) is 35.4 Å². The van der Waals surface area contributed by atoms with Crippen LogP contribution in [0.2, 0.25) is 0 Å². The molecule has 2 rings (SSSR count). The first kappa shape index (κ1) is 19.1. The van der Waals surface area contributed by atoms with Gasteiger partial charge in [0.15, 0.2) is 0 Å². The predicted molar refractivity (Wildman–Crippen MR) is 76.1 cm³/mol. The van der Waals surface area contributed by atoms with Gasteiger partial charge in [-0.1, -0.05) is 0 Å². The van der Waals surface area contributed by atoms with Gasteiger partial charge in [-0.15, -0.1) is 12.4 Å². The van der Waals surface area contributed by atoms with Crippen LogP contribution in [0.5, 0.6) is 0 Å². The number of nitrogens with one attached hydrogen (secondary N) is 1. The molecule has 1 aromatic carbocycles. The van der Waals surface area contributed by atoms with E-state index < -0.39 is 30.3 Å². The van der Waals surface area contributed by atoms with Crippen molar-refractivity contribution in [3.8, 4) is 0 Å². The van der Waals surface area contributed by atoms with Crippen molar-refractivity contribution in [2.24, 2.45) is 0 Å². The normalized spacial score (nSPS) is 17.9. The van der Waals surface area contributed by atoms with E-state index in [0.717, 1.165) is 18.2 Å². The Labute approximate surface area is 132 Å². The van der Waals surface area contributed by atoms with Crippen LogP contribution in [0, 0.1) is 11.6 Å². The minimum atomic E-state index is -4.28. The highest BCUT2D eigenvalue weighted by atomic mass is 35.5. The van der Waals surface area contributed by atoms with Crippen molar-refractivity contribution in [2.45, 2.75) is 25.1 Å². The quantitative estimate of drug-likeness (QED) is 0.838. The Kier molecular flexibility index (Phi) is 7.02. The zero-order valence-electron chi connectivity index (χ0n) is 11.8. The molecule has 0 spiro atoms. The van der Waals surface area contributed by atoms with E-state index in [0.29, 0.717) is 26.2 Å². The van der Waals surface area contributed by atoms with Gasteiger partial charge >= 0.3 is 6.18 Å². The summed E-state index contributed by atoms with van der Waals surface area (Å²) in [6.45, 7) is 2.42. The van der Waals surface area contributed by atoms with Gasteiger partial charge in [0, 0.05) is 44.7 Å². The maximum atomic E-state index is 13.3. The lowest BCUT2D eigenvalue weighted by atomic mass is 9.99. The first-order valence-corrected chi connectivity index (χ1v) is 6.83. The molecule has 0 radical (unpaired) electrons. The fourth-order valence-corrected chi connectivity index (χ4v) is 2.62. The third-order valence-electron chi connectivity index (χ3n) is 3.56. The molecule has 1 saturated heterocycles. The lowest BCUT2D eigenvalue weighted by molar-refractivity contribution is -0.138. The van der Waals surface area contributed by atoms with Crippen LogP contribution in [0.15, 0.2) is 18.2 Å². The van der Waals surface area contributed by atoms with Gasteiger partial charge in [0.2, 0.25) is 0 Å². The van der Waals surface area contributed by atoms with Crippen LogP contribution in [0.1, 0.15) is 24.4 Å². The maximum absolute atomic E-state index is 13.3. The Bertz CT molecular complexity index is 455. The van der Waals surface area contributed by atoms with Gasteiger partial charge in [0.1, 0.15) is 11.6 Å². The van der Waals surface area contributed by atoms with Crippen molar-refractivity contribution >= 4 is 12.4 Å². The van der Waals surface area contributed by atoms with Crippen LogP contribution in [0.25, 0.3) is 0 Å². The number of rotatable bonds is 4. The Balaban J connectivity index is 0.00000242. The second-order valence-electron chi connectivity index (χ2n) is 5.16. The molecule has 22 heavy (non-hydrogen) atoms. The van der Waals surface area contributed by atoms with Crippen LogP contribution < -0.4 is 5.32 Å². The van der Waals surface area contributed by atoms with Crippen LogP contribution in [-0.4, -0.2) is 37.3 Å². The molecule has 0 amide bonds. The zero-order chi connectivity index (χ0) is 15.5. The number of piperazine rings is 1. The second kappa shape index (κ2) is 8.08. The van der Waals surface area contributed by atoms with Crippen molar-refractivity contribution in [2.75, 3.05) is 26.2 Å². The zero-order valence-corrected chi connectivity index (χ0v) is 12.6. The maximum Gasteiger partial charge on any atom is 0.389 e. The Morgan fingerprint density at radius 1 is 1.05 bits per heavy atom. The van der Waals surface area contributed by atoms with E-state index in [9.17, 15) is 22.0 Å². The third-order valence-corrected chi connectivity index (χ3v) is 3.56. The molecule has 1 aliphatic rings. The molecule has 0 unspecified atom stereocenters. The summed E-state index contributed by atoms with van der Waals surface area (Å²) in [4.78, 5) is 1.84. The molecule has 126 valence electrons. The number of hydrogen-bond acceptors (Lipinski definition) is 2. The van der Waals surface area contributed by atoms with Crippen LogP contribution in [0.3, 0.4) is 0 Å². The minimum absolute atomic E-state index is 0. The van der Waals surface area contributed by atoms with Gasteiger partial charge < -0.3 is 5.32 Å². The molecule has 2 nitrogen and oxygen atoms in total. The van der Waals surface area contributed by atoms with E-state index in [1.165, 1.54) is 0 Å². The molecule has 0 aromatic heterocycles. The Morgan fingerprint density at radius 3 is 2.09 bits per heavy atom. The molecule has 1 aliphatic heterocycles. The summed E-state index contributed by atoms with van der Waals surface area (Å²) in [6, 6.07) is 2.33. The SMILES string of the molecule is Cl.Fc1cc(F)cc([C@@H](CCC(F)(F)F)N2CCNCC2)c1. The lowest BCUT2D eigenvalue weighted by Gasteiger charge is -2.35. The van der Waals surface area contributed by atoms with E-state index >= 15 is 0 Å². The number of alkyl halides is 3. The largest absolute Gasteiger partial charge is 0.389 e. The molecule has 1 fully saturated rings. The monoisotopic (exact) mass is 344 g/mol. The van der Waals surface area contributed by atoms with E-state index in [2.05, 4.69) is 5.32 Å². The highest BCUT2D eigenvalue weighted by Gasteiger charge is 2.31. The second-order valence-corrected chi connectivity index (χ2v) is 5.16. The highest BCUT2D eigenvalue weighted by Crippen LogP contribution is 2.32. The Morgan fingerprint density at radius 2 is 1.59 bits per heavy atom.